The van der Waals surface area contributed by atoms with Gasteiger partial charge >= 0.3 is 0 Å². The number of hydrogen-bond donors (Lipinski definition) is 0. The number of aromatic nitrogens is 2. The minimum absolute atomic E-state index is 0.0400. The van der Waals surface area contributed by atoms with Crippen LogP contribution in [0, 0.1) is 13.8 Å². The first-order valence-corrected chi connectivity index (χ1v) is 9.47. The van der Waals surface area contributed by atoms with E-state index in [9.17, 15) is 9.59 Å². The van der Waals surface area contributed by atoms with E-state index in [1.165, 1.54) is 11.8 Å². The van der Waals surface area contributed by atoms with Crippen LogP contribution in [0.3, 0.4) is 0 Å². The molecule has 0 aliphatic carbocycles. The minimum atomic E-state index is -0.342. The van der Waals surface area contributed by atoms with Crippen LogP contribution in [0.4, 0.5) is 0 Å². The average Bonchev–Trinajstić information content (AvgIpc) is 2.65. The molecule has 0 radical (unpaired) electrons. The predicted molar refractivity (Wildman–Crippen MR) is 101 cm³/mol. The smallest absolute Gasteiger partial charge is 0.253 e. The number of benzene rings is 1. The Balaban J connectivity index is 1.60. The van der Waals surface area contributed by atoms with Gasteiger partial charge in [-0.15, -0.1) is 0 Å². The Labute approximate surface area is 157 Å². The van der Waals surface area contributed by atoms with Gasteiger partial charge in [-0.05, 0) is 32.0 Å². The Kier molecular flexibility index (Phi) is 6.00. The molecule has 7 heteroatoms. The van der Waals surface area contributed by atoms with Crippen LogP contribution in [0.2, 0.25) is 0 Å². The molecule has 1 amide bonds. The minimum Gasteiger partial charge on any atom is -0.336 e. The van der Waals surface area contributed by atoms with Crippen LogP contribution in [0.1, 0.15) is 21.7 Å². The summed E-state index contributed by atoms with van der Waals surface area (Å²) in [5.74, 6) is 0.0400. The van der Waals surface area contributed by atoms with Crippen molar-refractivity contribution < 1.29 is 9.59 Å². The molecule has 0 spiro atoms. The number of carbonyl (C=O) groups is 2. The molecule has 2 aromatic rings. The number of hydrogen-bond acceptors (Lipinski definition) is 6. The van der Waals surface area contributed by atoms with E-state index in [2.05, 4.69) is 14.9 Å². The average molecular weight is 370 g/mol. The van der Waals surface area contributed by atoms with E-state index in [4.69, 9.17) is 0 Å². The molecular weight excluding hydrogens is 348 g/mol. The molecule has 26 heavy (non-hydrogen) atoms. The molecule has 1 aromatic carbocycles. The number of thioether (sulfide) groups is 1. The number of aryl methyl sites for hydroxylation is 2. The van der Waals surface area contributed by atoms with Gasteiger partial charge in [-0.2, -0.15) is 0 Å². The summed E-state index contributed by atoms with van der Waals surface area (Å²) in [5, 5.41) is 0.271. The van der Waals surface area contributed by atoms with Crippen molar-refractivity contribution in [2.75, 3.05) is 26.2 Å². The quantitative estimate of drug-likeness (QED) is 0.457. The molecular formula is C19H22N4O2S. The summed E-state index contributed by atoms with van der Waals surface area (Å²) in [4.78, 5) is 36.9. The lowest BCUT2D eigenvalue weighted by Crippen LogP contribution is -2.51. The van der Waals surface area contributed by atoms with Crippen molar-refractivity contribution in [1.29, 1.82) is 0 Å². The molecule has 136 valence electrons. The Hall–Kier alpha value is -2.25. The molecule has 0 bridgehead atoms. The Morgan fingerprint density at radius 2 is 1.69 bits per heavy atom. The number of aldehydes is 1. The number of nitrogens with zero attached hydrogens (tertiary/aromatic N) is 4. The molecule has 1 atom stereocenters. The molecule has 0 N–H and O–H groups in total. The predicted octanol–water partition coefficient (Wildman–Crippen LogP) is 2.17. The lowest BCUT2D eigenvalue weighted by Gasteiger charge is -2.36. The molecule has 1 saturated heterocycles. The van der Waals surface area contributed by atoms with Crippen LogP contribution in [-0.4, -0.2) is 63.5 Å². The first-order chi connectivity index (χ1) is 12.6. The van der Waals surface area contributed by atoms with E-state index in [0.29, 0.717) is 36.9 Å². The number of piperazine rings is 1. The van der Waals surface area contributed by atoms with Crippen LogP contribution in [0.5, 0.6) is 0 Å². The maximum atomic E-state index is 12.5. The highest BCUT2D eigenvalue weighted by Crippen LogP contribution is 2.23. The lowest BCUT2D eigenvalue weighted by atomic mass is 10.2. The fourth-order valence-corrected chi connectivity index (χ4v) is 4.01. The highest BCUT2D eigenvalue weighted by Gasteiger charge is 2.27. The first kappa shape index (κ1) is 18.5. The van der Waals surface area contributed by atoms with Crippen molar-refractivity contribution in [3.63, 3.8) is 0 Å². The van der Waals surface area contributed by atoms with Crippen molar-refractivity contribution in [2.24, 2.45) is 0 Å². The highest BCUT2D eigenvalue weighted by molar-refractivity contribution is 8.00. The van der Waals surface area contributed by atoms with Gasteiger partial charge in [0.15, 0.2) is 5.16 Å². The van der Waals surface area contributed by atoms with E-state index in [-0.39, 0.29) is 11.3 Å². The Morgan fingerprint density at radius 1 is 1.08 bits per heavy atom. The van der Waals surface area contributed by atoms with Crippen LogP contribution in [-0.2, 0) is 4.79 Å². The lowest BCUT2D eigenvalue weighted by molar-refractivity contribution is -0.110. The monoisotopic (exact) mass is 370 g/mol. The summed E-state index contributed by atoms with van der Waals surface area (Å²) < 4.78 is 0. The van der Waals surface area contributed by atoms with E-state index in [1.807, 2.05) is 55.1 Å². The zero-order chi connectivity index (χ0) is 18.5. The van der Waals surface area contributed by atoms with Gasteiger partial charge in [-0.1, -0.05) is 30.0 Å². The largest absolute Gasteiger partial charge is 0.336 e. The molecule has 1 aromatic heterocycles. The zero-order valence-electron chi connectivity index (χ0n) is 15.0. The molecule has 6 nitrogen and oxygen atoms in total. The summed E-state index contributed by atoms with van der Waals surface area (Å²) in [6.45, 7) is 6.35. The van der Waals surface area contributed by atoms with Crippen molar-refractivity contribution in [2.45, 2.75) is 24.4 Å². The number of amides is 1. The third-order valence-electron chi connectivity index (χ3n) is 4.29. The number of carbonyl (C=O) groups excluding carboxylic acids is 2. The van der Waals surface area contributed by atoms with Gasteiger partial charge in [-0.25, -0.2) is 9.97 Å². The van der Waals surface area contributed by atoms with Gasteiger partial charge in [0, 0.05) is 43.1 Å². The zero-order valence-corrected chi connectivity index (χ0v) is 15.8. The van der Waals surface area contributed by atoms with E-state index in [0.717, 1.165) is 17.7 Å². The maximum Gasteiger partial charge on any atom is 0.253 e. The second kappa shape index (κ2) is 8.42. The van der Waals surface area contributed by atoms with Gasteiger partial charge in [-0.3, -0.25) is 9.69 Å². The van der Waals surface area contributed by atoms with Crippen LogP contribution in [0.25, 0.3) is 0 Å². The highest BCUT2D eigenvalue weighted by atomic mass is 32.2. The standard InChI is InChI=1S/C19H22N4O2S/c1-14-12-15(2)21-19(20-14)26-17(13-24)22-8-10-23(11-9-22)18(25)16-6-4-3-5-7-16/h3-7,12-13,17H,8-11H2,1-2H3. The second-order valence-electron chi connectivity index (χ2n) is 6.27. The van der Waals surface area contributed by atoms with Crippen molar-refractivity contribution in [1.82, 2.24) is 19.8 Å². The Morgan fingerprint density at radius 3 is 2.27 bits per heavy atom. The third-order valence-corrected chi connectivity index (χ3v) is 5.33. The van der Waals surface area contributed by atoms with Gasteiger partial charge in [0.1, 0.15) is 11.7 Å². The van der Waals surface area contributed by atoms with Crippen molar-refractivity contribution in [3.8, 4) is 0 Å². The summed E-state index contributed by atoms with van der Waals surface area (Å²) in [5.41, 5.74) is 2.48. The second-order valence-corrected chi connectivity index (χ2v) is 7.36. The summed E-state index contributed by atoms with van der Waals surface area (Å²) in [6, 6.07) is 11.2. The molecule has 1 unspecified atom stereocenters. The molecule has 2 heterocycles. The molecule has 3 rings (SSSR count). The topological polar surface area (TPSA) is 66.4 Å². The van der Waals surface area contributed by atoms with E-state index in [1.54, 1.807) is 0 Å². The van der Waals surface area contributed by atoms with Gasteiger partial charge in [0.25, 0.3) is 5.91 Å². The van der Waals surface area contributed by atoms with Gasteiger partial charge < -0.3 is 9.69 Å². The fourth-order valence-electron chi connectivity index (χ4n) is 2.99. The first-order valence-electron chi connectivity index (χ1n) is 8.59. The molecule has 1 fully saturated rings. The van der Waals surface area contributed by atoms with Crippen LogP contribution < -0.4 is 0 Å². The molecule has 1 aliphatic heterocycles. The summed E-state index contributed by atoms with van der Waals surface area (Å²) in [6.07, 6.45) is 0.931. The number of rotatable bonds is 5. The van der Waals surface area contributed by atoms with Gasteiger partial charge in [0.05, 0.1) is 0 Å². The maximum absolute atomic E-state index is 12.5. The van der Waals surface area contributed by atoms with Crippen LogP contribution in [0.15, 0.2) is 41.6 Å². The van der Waals surface area contributed by atoms with E-state index >= 15 is 0 Å². The van der Waals surface area contributed by atoms with E-state index < -0.39 is 0 Å². The Bertz CT molecular complexity index is 756. The third kappa shape index (κ3) is 4.47. The van der Waals surface area contributed by atoms with Crippen molar-refractivity contribution in [3.05, 3.63) is 53.3 Å². The van der Waals surface area contributed by atoms with Crippen LogP contribution >= 0.6 is 11.8 Å². The van der Waals surface area contributed by atoms with Crippen molar-refractivity contribution >= 4 is 24.0 Å². The van der Waals surface area contributed by atoms with Gasteiger partial charge in [0.2, 0.25) is 0 Å². The molecule has 1 aliphatic rings. The summed E-state index contributed by atoms with van der Waals surface area (Å²) in [7, 11) is 0. The SMILES string of the molecule is Cc1cc(C)nc(SC(C=O)N2CCN(C(=O)c3ccccc3)CC2)n1. The summed E-state index contributed by atoms with van der Waals surface area (Å²) >= 11 is 1.36. The fraction of sp³-hybridized carbons (Fsp3) is 0.368. The normalized spacial score (nSPS) is 16.3. The molecule has 0 saturated carbocycles.